The van der Waals surface area contributed by atoms with Gasteiger partial charge in [-0.15, -0.1) is 0 Å². The first-order valence-corrected chi connectivity index (χ1v) is 8.35. The van der Waals surface area contributed by atoms with Crippen molar-refractivity contribution in [1.29, 1.82) is 0 Å². The predicted molar refractivity (Wildman–Crippen MR) is 74.9 cm³/mol. The van der Waals surface area contributed by atoms with E-state index in [0.717, 1.165) is 19.3 Å². The topological polar surface area (TPSA) is 60.2 Å². The molecule has 106 valence electrons. The van der Waals surface area contributed by atoms with Crippen molar-refractivity contribution < 1.29 is 12.8 Å². The smallest absolute Gasteiger partial charge is 0.157 e. The van der Waals surface area contributed by atoms with Crippen LogP contribution in [0.5, 0.6) is 0 Å². The summed E-state index contributed by atoms with van der Waals surface area (Å²) < 4.78 is 38.0. The lowest BCUT2D eigenvalue weighted by molar-refractivity contribution is 0.382. The fourth-order valence-electron chi connectivity index (χ4n) is 2.81. The van der Waals surface area contributed by atoms with Crippen LogP contribution in [0.25, 0.3) is 0 Å². The molecule has 0 aromatic heterocycles. The molecule has 2 unspecified atom stereocenters. The largest absolute Gasteiger partial charge is 0.399 e. The van der Waals surface area contributed by atoms with Gasteiger partial charge in [0, 0.05) is 5.69 Å². The molecule has 2 rings (SSSR count). The standard InChI is InChI=1S/C14H20FNO2S/c1-10-3-2-4-14(5-10)19(17,18)9-11-6-12(15)8-13(16)7-11/h6-8,10,14H,2-5,9,16H2,1H3. The lowest BCUT2D eigenvalue weighted by Gasteiger charge is -2.26. The molecule has 1 aliphatic carbocycles. The van der Waals surface area contributed by atoms with Crippen molar-refractivity contribution in [2.45, 2.75) is 43.6 Å². The van der Waals surface area contributed by atoms with Gasteiger partial charge in [-0.3, -0.25) is 0 Å². The number of sulfone groups is 1. The van der Waals surface area contributed by atoms with Crippen molar-refractivity contribution in [1.82, 2.24) is 0 Å². The number of nitrogens with two attached hydrogens (primary N) is 1. The maximum Gasteiger partial charge on any atom is 0.157 e. The number of hydrogen-bond acceptors (Lipinski definition) is 3. The summed E-state index contributed by atoms with van der Waals surface area (Å²) in [5, 5.41) is -0.291. The minimum absolute atomic E-state index is 0.119. The molecule has 0 radical (unpaired) electrons. The van der Waals surface area contributed by atoms with E-state index in [-0.39, 0.29) is 16.7 Å². The molecule has 0 heterocycles. The number of halogens is 1. The van der Waals surface area contributed by atoms with E-state index in [0.29, 0.717) is 17.9 Å². The van der Waals surface area contributed by atoms with Crippen LogP contribution in [-0.2, 0) is 15.6 Å². The van der Waals surface area contributed by atoms with Gasteiger partial charge in [-0.05, 0) is 42.5 Å². The van der Waals surface area contributed by atoms with Crippen LogP contribution in [0, 0.1) is 11.7 Å². The van der Waals surface area contributed by atoms with Crippen LogP contribution in [-0.4, -0.2) is 13.7 Å². The average Bonchev–Trinajstić information content (AvgIpc) is 2.26. The van der Waals surface area contributed by atoms with Crippen LogP contribution < -0.4 is 5.73 Å². The van der Waals surface area contributed by atoms with Gasteiger partial charge in [0.1, 0.15) is 5.82 Å². The van der Waals surface area contributed by atoms with Gasteiger partial charge in [-0.25, -0.2) is 12.8 Å². The zero-order valence-electron chi connectivity index (χ0n) is 11.1. The van der Waals surface area contributed by atoms with E-state index in [1.165, 1.54) is 18.2 Å². The number of nitrogen functional groups attached to an aromatic ring is 1. The summed E-state index contributed by atoms with van der Waals surface area (Å²) in [5.41, 5.74) is 6.25. The Morgan fingerprint density at radius 3 is 2.68 bits per heavy atom. The Bertz CT molecular complexity index is 536. The quantitative estimate of drug-likeness (QED) is 0.869. The van der Waals surface area contributed by atoms with E-state index in [4.69, 9.17) is 5.73 Å². The van der Waals surface area contributed by atoms with Crippen LogP contribution >= 0.6 is 0 Å². The number of rotatable bonds is 3. The van der Waals surface area contributed by atoms with Gasteiger partial charge in [0.15, 0.2) is 9.84 Å². The van der Waals surface area contributed by atoms with Crippen LogP contribution in [0.3, 0.4) is 0 Å². The number of hydrogen-bond donors (Lipinski definition) is 1. The first kappa shape index (κ1) is 14.3. The fraction of sp³-hybridized carbons (Fsp3) is 0.571. The molecule has 0 saturated heterocycles. The second kappa shape index (κ2) is 5.49. The molecule has 1 aromatic carbocycles. The highest BCUT2D eigenvalue weighted by molar-refractivity contribution is 7.91. The molecule has 0 bridgehead atoms. The highest BCUT2D eigenvalue weighted by atomic mass is 32.2. The fourth-order valence-corrected chi connectivity index (χ4v) is 4.83. The number of benzene rings is 1. The molecule has 1 saturated carbocycles. The maximum absolute atomic E-state index is 13.2. The van der Waals surface area contributed by atoms with Gasteiger partial charge in [-0.2, -0.15) is 0 Å². The summed E-state index contributed by atoms with van der Waals surface area (Å²) in [5.74, 6) is -0.153. The molecular formula is C14H20FNO2S. The Hall–Kier alpha value is -1.10. The van der Waals surface area contributed by atoms with Gasteiger partial charge < -0.3 is 5.73 Å². The van der Waals surface area contributed by atoms with Crippen LogP contribution in [0.4, 0.5) is 10.1 Å². The first-order valence-electron chi connectivity index (χ1n) is 6.63. The third-order valence-electron chi connectivity index (χ3n) is 3.74. The lowest BCUT2D eigenvalue weighted by atomic mass is 9.91. The summed E-state index contributed by atoms with van der Waals surface area (Å²) in [7, 11) is -3.23. The van der Waals surface area contributed by atoms with Crippen molar-refractivity contribution in [2.75, 3.05) is 5.73 Å². The summed E-state index contributed by atoms with van der Waals surface area (Å²) in [6.45, 7) is 2.09. The molecule has 2 atom stereocenters. The average molecular weight is 285 g/mol. The van der Waals surface area contributed by atoms with Crippen molar-refractivity contribution in [2.24, 2.45) is 5.92 Å². The van der Waals surface area contributed by atoms with Crippen molar-refractivity contribution in [3.63, 3.8) is 0 Å². The molecule has 2 N–H and O–H groups in total. The Kier molecular flexibility index (Phi) is 4.13. The van der Waals surface area contributed by atoms with Gasteiger partial charge >= 0.3 is 0 Å². The predicted octanol–water partition coefficient (Wildman–Crippen LogP) is 2.90. The van der Waals surface area contributed by atoms with E-state index in [1.54, 1.807) is 0 Å². The lowest BCUT2D eigenvalue weighted by Crippen LogP contribution is -2.28. The van der Waals surface area contributed by atoms with Crippen molar-refractivity contribution in [3.05, 3.63) is 29.6 Å². The Labute approximate surface area is 113 Å². The van der Waals surface area contributed by atoms with Crippen LogP contribution in [0.15, 0.2) is 18.2 Å². The molecule has 3 nitrogen and oxygen atoms in total. The van der Waals surface area contributed by atoms with Gasteiger partial charge in [0.05, 0.1) is 11.0 Å². The highest BCUT2D eigenvalue weighted by Gasteiger charge is 2.30. The summed E-state index contributed by atoms with van der Waals surface area (Å²) in [6, 6.07) is 3.98. The Balaban J connectivity index is 2.16. The summed E-state index contributed by atoms with van der Waals surface area (Å²) in [6.07, 6.45) is 3.49. The van der Waals surface area contributed by atoms with Crippen LogP contribution in [0.1, 0.15) is 38.2 Å². The monoisotopic (exact) mass is 285 g/mol. The van der Waals surface area contributed by atoms with Crippen LogP contribution in [0.2, 0.25) is 0 Å². The number of anilines is 1. The van der Waals surface area contributed by atoms with Crippen molar-refractivity contribution in [3.8, 4) is 0 Å². The van der Waals surface area contributed by atoms with Gasteiger partial charge in [0.25, 0.3) is 0 Å². The third kappa shape index (κ3) is 3.69. The molecule has 1 aromatic rings. The highest BCUT2D eigenvalue weighted by Crippen LogP contribution is 2.30. The third-order valence-corrected chi connectivity index (χ3v) is 5.92. The molecule has 0 spiro atoms. The SMILES string of the molecule is CC1CCCC(S(=O)(=O)Cc2cc(N)cc(F)c2)C1. The summed E-state index contributed by atoms with van der Waals surface area (Å²) in [4.78, 5) is 0. The molecule has 1 aliphatic rings. The van der Waals surface area contributed by atoms with Crippen molar-refractivity contribution >= 4 is 15.5 Å². The molecule has 0 amide bonds. The molecule has 19 heavy (non-hydrogen) atoms. The Morgan fingerprint density at radius 2 is 2.05 bits per heavy atom. The zero-order valence-corrected chi connectivity index (χ0v) is 11.9. The van der Waals surface area contributed by atoms with E-state index in [1.807, 2.05) is 0 Å². The molecule has 5 heteroatoms. The van der Waals surface area contributed by atoms with E-state index in [2.05, 4.69) is 6.92 Å². The van der Waals surface area contributed by atoms with Gasteiger partial charge in [-0.1, -0.05) is 19.8 Å². The van der Waals surface area contributed by atoms with E-state index >= 15 is 0 Å². The minimum Gasteiger partial charge on any atom is -0.399 e. The first-order chi connectivity index (χ1) is 8.87. The Morgan fingerprint density at radius 1 is 1.32 bits per heavy atom. The molecular weight excluding hydrogens is 265 g/mol. The second-order valence-electron chi connectivity index (χ2n) is 5.59. The zero-order chi connectivity index (χ0) is 14.0. The summed E-state index contributed by atoms with van der Waals surface area (Å²) >= 11 is 0. The second-order valence-corrected chi connectivity index (χ2v) is 7.87. The molecule has 1 fully saturated rings. The molecule has 0 aliphatic heterocycles. The normalized spacial score (nSPS) is 24.3. The van der Waals surface area contributed by atoms with Gasteiger partial charge in [0.2, 0.25) is 0 Å². The van der Waals surface area contributed by atoms with E-state index < -0.39 is 15.7 Å². The van der Waals surface area contributed by atoms with E-state index in [9.17, 15) is 12.8 Å². The maximum atomic E-state index is 13.2. The minimum atomic E-state index is -3.23.